The average molecular weight is 284 g/mol. The smallest absolute Gasteiger partial charge is 0.245 e. The van der Waals surface area contributed by atoms with Crippen molar-refractivity contribution in [2.75, 3.05) is 12.8 Å². The summed E-state index contributed by atoms with van der Waals surface area (Å²) < 4.78 is 38.6. The Bertz CT molecular complexity index is 670. The SMILES string of the molecule is CN(Cc1ncc[nH]1)S(=O)(=O)c1ccc(F)cc1N. The standard InChI is InChI=1S/C11H13FN4O2S/c1-16(7-11-14-4-5-15-11)19(17,18)10-3-2-8(12)6-9(10)13/h2-6H,7,13H2,1H3,(H,14,15). The molecule has 0 atom stereocenters. The summed E-state index contributed by atoms with van der Waals surface area (Å²) in [4.78, 5) is 6.63. The van der Waals surface area contributed by atoms with Crippen LogP contribution in [0.15, 0.2) is 35.5 Å². The second-order valence-corrected chi connectivity index (χ2v) is 5.99. The van der Waals surface area contributed by atoms with Crippen LogP contribution in [0.3, 0.4) is 0 Å². The molecule has 0 amide bonds. The fourth-order valence-corrected chi connectivity index (χ4v) is 2.83. The first-order valence-electron chi connectivity index (χ1n) is 5.41. The van der Waals surface area contributed by atoms with E-state index >= 15 is 0 Å². The molecular weight excluding hydrogens is 271 g/mol. The topological polar surface area (TPSA) is 92.1 Å². The number of aromatic amines is 1. The van der Waals surface area contributed by atoms with Gasteiger partial charge >= 0.3 is 0 Å². The Morgan fingerprint density at radius 1 is 1.47 bits per heavy atom. The highest BCUT2D eigenvalue weighted by molar-refractivity contribution is 7.89. The van der Waals surface area contributed by atoms with Gasteiger partial charge in [-0.25, -0.2) is 17.8 Å². The van der Waals surface area contributed by atoms with Crippen molar-refractivity contribution in [1.29, 1.82) is 0 Å². The van der Waals surface area contributed by atoms with Crippen molar-refractivity contribution < 1.29 is 12.8 Å². The second kappa shape index (κ2) is 4.98. The van der Waals surface area contributed by atoms with Crippen LogP contribution in [0.2, 0.25) is 0 Å². The van der Waals surface area contributed by atoms with Crippen LogP contribution >= 0.6 is 0 Å². The number of hydrogen-bond donors (Lipinski definition) is 2. The fourth-order valence-electron chi connectivity index (χ4n) is 1.60. The molecule has 0 aliphatic rings. The van der Waals surface area contributed by atoms with Crippen molar-refractivity contribution in [1.82, 2.24) is 14.3 Å². The van der Waals surface area contributed by atoms with Gasteiger partial charge in [-0.05, 0) is 18.2 Å². The van der Waals surface area contributed by atoms with Crippen molar-refractivity contribution in [2.24, 2.45) is 0 Å². The van der Waals surface area contributed by atoms with Gasteiger partial charge in [-0.1, -0.05) is 0 Å². The van der Waals surface area contributed by atoms with Crippen LogP contribution < -0.4 is 5.73 Å². The molecule has 0 spiro atoms. The van der Waals surface area contributed by atoms with Gasteiger partial charge in [0, 0.05) is 19.4 Å². The molecule has 1 heterocycles. The van der Waals surface area contributed by atoms with Crippen molar-refractivity contribution >= 4 is 15.7 Å². The van der Waals surface area contributed by atoms with E-state index in [2.05, 4.69) is 9.97 Å². The number of imidazole rings is 1. The summed E-state index contributed by atoms with van der Waals surface area (Å²) in [6.45, 7) is 0.0755. The van der Waals surface area contributed by atoms with Gasteiger partial charge in [0.15, 0.2) is 0 Å². The summed E-state index contributed by atoms with van der Waals surface area (Å²) in [5.41, 5.74) is 5.43. The predicted molar refractivity (Wildman–Crippen MR) is 68.1 cm³/mol. The van der Waals surface area contributed by atoms with Gasteiger partial charge < -0.3 is 10.7 Å². The molecule has 0 radical (unpaired) electrons. The minimum absolute atomic E-state index is 0.0755. The third-order valence-corrected chi connectivity index (χ3v) is 4.46. The molecule has 3 N–H and O–H groups in total. The molecule has 102 valence electrons. The Morgan fingerprint density at radius 3 is 2.79 bits per heavy atom. The lowest BCUT2D eigenvalue weighted by atomic mass is 10.3. The zero-order valence-electron chi connectivity index (χ0n) is 10.2. The molecule has 6 nitrogen and oxygen atoms in total. The molecular formula is C11H13FN4O2S. The van der Waals surface area contributed by atoms with Gasteiger partial charge in [-0.2, -0.15) is 4.31 Å². The number of halogens is 1. The Kier molecular flexibility index (Phi) is 3.54. The number of nitrogens with one attached hydrogen (secondary N) is 1. The molecule has 0 fully saturated rings. The number of anilines is 1. The summed E-state index contributed by atoms with van der Waals surface area (Å²) in [7, 11) is -2.38. The molecule has 0 unspecified atom stereocenters. The van der Waals surface area contributed by atoms with E-state index in [-0.39, 0.29) is 17.1 Å². The number of nitrogens with zero attached hydrogens (tertiary/aromatic N) is 2. The maximum atomic E-state index is 12.9. The van der Waals surface area contributed by atoms with Gasteiger partial charge in [0.25, 0.3) is 0 Å². The summed E-state index contributed by atoms with van der Waals surface area (Å²) in [6, 6.07) is 3.19. The third-order valence-electron chi connectivity index (χ3n) is 2.59. The largest absolute Gasteiger partial charge is 0.398 e. The van der Waals surface area contributed by atoms with Crippen LogP contribution in [-0.2, 0) is 16.6 Å². The molecule has 0 saturated heterocycles. The molecule has 0 aliphatic carbocycles. The first-order chi connectivity index (χ1) is 8.91. The summed E-state index contributed by atoms with van der Waals surface area (Å²) in [5.74, 6) is -0.0723. The minimum atomic E-state index is -3.78. The van der Waals surface area contributed by atoms with E-state index in [9.17, 15) is 12.8 Å². The molecule has 2 aromatic rings. The first kappa shape index (κ1) is 13.5. The van der Waals surface area contributed by atoms with E-state index in [4.69, 9.17) is 5.73 Å². The molecule has 19 heavy (non-hydrogen) atoms. The van der Waals surface area contributed by atoms with Crippen LogP contribution in [0.25, 0.3) is 0 Å². The Hall–Kier alpha value is -1.93. The molecule has 0 bridgehead atoms. The maximum absolute atomic E-state index is 12.9. The number of benzene rings is 1. The van der Waals surface area contributed by atoms with Gasteiger partial charge in [0.05, 0.1) is 12.2 Å². The number of hydrogen-bond acceptors (Lipinski definition) is 4. The van der Waals surface area contributed by atoms with Gasteiger partial charge in [0.1, 0.15) is 16.5 Å². The summed E-state index contributed by atoms with van der Waals surface area (Å²) in [6.07, 6.45) is 3.13. The van der Waals surface area contributed by atoms with E-state index in [1.165, 1.54) is 13.2 Å². The van der Waals surface area contributed by atoms with Crippen LogP contribution in [0.4, 0.5) is 10.1 Å². The molecule has 1 aromatic carbocycles. The van der Waals surface area contributed by atoms with E-state index in [0.717, 1.165) is 22.5 Å². The lowest BCUT2D eigenvalue weighted by Gasteiger charge is -2.17. The number of rotatable bonds is 4. The first-order valence-corrected chi connectivity index (χ1v) is 6.85. The normalized spacial score (nSPS) is 11.9. The average Bonchev–Trinajstić information content (AvgIpc) is 2.81. The predicted octanol–water partition coefficient (Wildman–Crippen LogP) is 0.952. The zero-order chi connectivity index (χ0) is 14.0. The highest BCUT2D eigenvalue weighted by Gasteiger charge is 2.24. The van der Waals surface area contributed by atoms with E-state index in [1.807, 2.05) is 0 Å². The summed E-state index contributed by atoms with van der Waals surface area (Å²) in [5, 5.41) is 0. The number of H-pyrrole nitrogens is 1. The van der Waals surface area contributed by atoms with Gasteiger partial charge in [-0.15, -0.1) is 0 Å². The van der Waals surface area contributed by atoms with Crippen molar-refractivity contribution in [3.05, 3.63) is 42.2 Å². The van der Waals surface area contributed by atoms with Gasteiger partial charge in [-0.3, -0.25) is 0 Å². The number of nitrogens with two attached hydrogens (primary N) is 1. The molecule has 2 rings (SSSR count). The lowest BCUT2D eigenvalue weighted by Crippen LogP contribution is -2.27. The Morgan fingerprint density at radius 2 is 2.21 bits per heavy atom. The zero-order valence-corrected chi connectivity index (χ0v) is 11.0. The molecule has 8 heteroatoms. The van der Waals surface area contributed by atoms with Crippen LogP contribution in [-0.4, -0.2) is 29.7 Å². The van der Waals surface area contributed by atoms with Crippen molar-refractivity contribution in [3.8, 4) is 0 Å². The van der Waals surface area contributed by atoms with Crippen LogP contribution in [0.5, 0.6) is 0 Å². The highest BCUT2D eigenvalue weighted by atomic mass is 32.2. The van der Waals surface area contributed by atoms with Gasteiger partial charge in [0.2, 0.25) is 10.0 Å². The van der Waals surface area contributed by atoms with Crippen molar-refractivity contribution in [3.63, 3.8) is 0 Å². The molecule has 0 aliphatic heterocycles. The van der Waals surface area contributed by atoms with E-state index in [0.29, 0.717) is 5.82 Å². The highest BCUT2D eigenvalue weighted by Crippen LogP contribution is 2.22. The second-order valence-electron chi connectivity index (χ2n) is 3.98. The molecule has 0 saturated carbocycles. The molecule has 1 aromatic heterocycles. The van der Waals surface area contributed by atoms with E-state index < -0.39 is 15.8 Å². The fraction of sp³-hybridized carbons (Fsp3) is 0.182. The Labute approximate surface area is 110 Å². The number of nitrogen functional groups attached to an aromatic ring is 1. The quantitative estimate of drug-likeness (QED) is 0.818. The lowest BCUT2D eigenvalue weighted by molar-refractivity contribution is 0.458. The van der Waals surface area contributed by atoms with Crippen LogP contribution in [0.1, 0.15) is 5.82 Å². The maximum Gasteiger partial charge on any atom is 0.245 e. The van der Waals surface area contributed by atoms with Crippen LogP contribution in [0, 0.1) is 5.82 Å². The monoisotopic (exact) mass is 284 g/mol. The third kappa shape index (κ3) is 2.74. The van der Waals surface area contributed by atoms with E-state index in [1.54, 1.807) is 6.20 Å². The number of aromatic nitrogens is 2. The Balaban J connectivity index is 2.31. The van der Waals surface area contributed by atoms with Crippen molar-refractivity contribution in [2.45, 2.75) is 11.4 Å². The minimum Gasteiger partial charge on any atom is -0.398 e. The number of sulfonamides is 1. The summed E-state index contributed by atoms with van der Waals surface area (Å²) >= 11 is 0.